The normalized spacial score (nSPS) is 11.4. The Hall–Kier alpha value is -0.786. The van der Waals surface area contributed by atoms with Crippen LogP contribution in [-0.2, 0) is 32.7 Å². The van der Waals surface area contributed by atoms with E-state index < -0.39 is 0 Å². The van der Waals surface area contributed by atoms with Gasteiger partial charge in [0.15, 0.2) is 5.78 Å². The van der Waals surface area contributed by atoms with Crippen LogP contribution < -0.4 is 0 Å². The smallest absolute Gasteiger partial charge is 0.168 e. The van der Waals surface area contributed by atoms with Gasteiger partial charge in [-0.2, -0.15) is 30.3 Å². The van der Waals surface area contributed by atoms with Gasteiger partial charge in [0.2, 0.25) is 0 Å². The van der Waals surface area contributed by atoms with E-state index in [9.17, 15) is 4.79 Å². The van der Waals surface area contributed by atoms with Crippen LogP contribution in [0.1, 0.15) is 35.2 Å². The predicted molar refractivity (Wildman–Crippen MR) is 69.1 cm³/mol. The van der Waals surface area contributed by atoms with E-state index in [-0.39, 0.29) is 44.4 Å². The summed E-state index contributed by atoms with van der Waals surface area (Å²) in [4.78, 5) is 12.4. The summed E-state index contributed by atoms with van der Waals surface area (Å²) in [6, 6.07) is 20.1. The molecule has 0 saturated heterocycles. The van der Waals surface area contributed by atoms with Crippen molar-refractivity contribution in [1.82, 2.24) is 0 Å². The first-order valence-electron chi connectivity index (χ1n) is 5.88. The summed E-state index contributed by atoms with van der Waals surface area (Å²) in [5, 5.41) is 0. The van der Waals surface area contributed by atoms with Gasteiger partial charge in [-0.05, 0) is 6.42 Å². The van der Waals surface area contributed by atoms with E-state index in [0.717, 1.165) is 17.5 Å². The Balaban J connectivity index is 0.00000162. The molecule has 0 fully saturated rings. The molecule has 0 spiro atoms. The predicted octanol–water partition coefficient (Wildman–Crippen LogP) is 3.86. The van der Waals surface area contributed by atoms with Crippen LogP contribution in [0.25, 0.3) is 0 Å². The van der Waals surface area contributed by atoms with Gasteiger partial charge < -0.3 is 0 Å². The quantitative estimate of drug-likeness (QED) is 0.619. The molecule has 0 aliphatic rings. The minimum Gasteiger partial charge on any atom is -0.294 e. The topological polar surface area (TPSA) is 17.1 Å². The van der Waals surface area contributed by atoms with Crippen LogP contribution in [0.2, 0.25) is 0 Å². The van der Waals surface area contributed by atoms with E-state index in [1.807, 2.05) is 61.5 Å². The molecule has 0 N–H and O–H groups in total. The molecule has 89 valence electrons. The maximum Gasteiger partial charge on any atom is 0.168 e. The van der Waals surface area contributed by atoms with Crippen molar-refractivity contribution < 1.29 is 37.5 Å². The molecule has 0 heterocycles. The standard InChI is InChI=1S/C16H15O.Y/c1-2-15(13-9-5-3-6-10-13)16(17)14-11-7-4-8-12-14;/h4-12,15H,2H2,1H3;/q-1;. The Bertz CT molecular complexity index is 479. The fourth-order valence-electron chi connectivity index (χ4n) is 2.01. The van der Waals surface area contributed by atoms with Crippen molar-refractivity contribution >= 4 is 5.78 Å². The largest absolute Gasteiger partial charge is 0.294 e. The summed E-state index contributed by atoms with van der Waals surface area (Å²) in [6.45, 7) is 2.04. The Morgan fingerprint density at radius 3 is 2.28 bits per heavy atom. The van der Waals surface area contributed by atoms with Crippen molar-refractivity contribution in [3.8, 4) is 0 Å². The van der Waals surface area contributed by atoms with Crippen LogP contribution in [0.15, 0.2) is 54.6 Å². The van der Waals surface area contributed by atoms with Crippen LogP contribution in [0.5, 0.6) is 0 Å². The molecule has 18 heavy (non-hydrogen) atoms. The van der Waals surface area contributed by atoms with E-state index >= 15 is 0 Å². The molecular formula is C16H15OY-. The molecule has 1 nitrogen and oxygen atoms in total. The van der Waals surface area contributed by atoms with E-state index in [0.29, 0.717) is 0 Å². The van der Waals surface area contributed by atoms with Crippen LogP contribution >= 0.6 is 0 Å². The molecule has 1 atom stereocenters. The van der Waals surface area contributed by atoms with Crippen LogP contribution in [0.4, 0.5) is 0 Å². The van der Waals surface area contributed by atoms with Gasteiger partial charge in [-0.3, -0.25) is 4.79 Å². The second kappa shape index (κ2) is 7.61. The van der Waals surface area contributed by atoms with Gasteiger partial charge in [0.25, 0.3) is 0 Å². The first-order chi connectivity index (χ1) is 8.33. The first kappa shape index (κ1) is 15.3. The van der Waals surface area contributed by atoms with Gasteiger partial charge in [-0.25, -0.2) is 0 Å². The molecule has 0 amide bonds. The summed E-state index contributed by atoms with van der Waals surface area (Å²) in [7, 11) is 0. The number of ketones is 1. The van der Waals surface area contributed by atoms with Crippen LogP contribution in [-0.4, -0.2) is 5.78 Å². The number of benzene rings is 2. The molecule has 0 aliphatic carbocycles. The Labute approximate surface area is 133 Å². The number of rotatable bonds is 4. The third-order valence-corrected chi connectivity index (χ3v) is 2.93. The third kappa shape index (κ3) is 3.60. The van der Waals surface area contributed by atoms with Crippen molar-refractivity contribution in [3.63, 3.8) is 0 Å². The zero-order valence-corrected chi connectivity index (χ0v) is 13.3. The van der Waals surface area contributed by atoms with E-state index in [2.05, 4.69) is 6.07 Å². The van der Waals surface area contributed by atoms with Crippen LogP contribution in [0.3, 0.4) is 0 Å². The first-order valence-corrected chi connectivity index (χ1v) is 5.88. The molecule has 2 rings (SSSR count). The maximum absolute atomic E-state index is 12.4. The van der Waals surface area contributed by atoms with Gasteiger partial charge >= 0.3 is 0 Å². The fraction of sp³-hybridized carbons (Fsp3) is 0.188. The molecule has 0 aliphatic heterocycles. The van der Waals surface area contributed by atoms with Crippen molar-refractivity contribution in [2.24, 2.45) is 0 Å². The molecule has 2 heteroatoms. The summed E-state index contributed by atoms with van der Waals surface area (Å²) >= 11 is 0. The number of carbonyl (C=O) groups excluding carboxylic acids is 1. The van der Waals surface area contributed by atoms with Crippen LogP contribution in [0, 0.1) is 6.07 Å². The summed E-state index contributed by atoms with van der Waals surface area (Å²) in [5.74, 6) is 0.145. The molecule has 2 aromatic carbocycles. The average molecular weight is 312 g/mol. The van der Waals surface area contributed by atoms with E-state index in [1.54, 1.807) is 0 Å². The SMILES string of the molecule is CCC(C(=O)c1ccccc1)c1cc[c-]cc1.[Y]. The molecule has 1 radical (unpaired) electrons. The van der Waals surface area contributed by atoms with Crippen molar-refractivity contribution in [2.75, 3.05) is 0 Å². The summed E-state index contributed by atoms with van der Waals surface area (Å²) in [6.07, 6.45) is 0.817. The molecule has 2 aromatic rings. The molecule has 0 bridgehead atoms. The second-order valence-corrected chi connectivity index (χ2v) is 4.02. The third-order valence-electron chi connectivity index (χ3n) is 2.93. The van der Waals surface area contributed by atoms with Gasteiger partial charge in [0, 0.05) is 44.2 Å². The Kier molecular flexibility index (Phi) is 6.45. The van der Waals surface area contributed by atoms with E-state index in [1.165, 1.54) is 0 Å². The van der Waals surface area contributed by atoms with E-state index in [4.69, 9.17) is 0 Å². The van der Waals surface area contributed by atoms with Gasteiger partial charge in [-0.15, -0.1) is 5.56 Å². The van der Waals surface area contributed by atoms with Crippen molar-refractivity contribution in [1.29, 1.82) is 0 Å². The maximum atomic E-state index is 12.4. The molecular weight excluding hydrogens is 297 g/mol. The zero-order chi connectivity index (χ0) is 12.1. The summed E-state index contributed by atoms with van der Waals surface area (Å²) < 4.78 is 0. The van der Waals surface area contributed by atoms with Crippen molar-refractivity contribution in [3.05, 3.63) is 71.8 Å². The fourth-order valence-corrected chi connectivity index (χ4v) is 2.01. The van der Waals surface area contributed by atoms with Gasteiger partial charge in [0.05, 0.1) is 0 Å². The number of carbonyl (C=O) groups is 1. The van der Waals surface area contributed by atoms with Crippen molar-refractivity contribution in [2.45, 2.75) is 19.3 Å². The van der Waals surface area contributed by atoms with Gasteiger partial charge in [0.1, 0.15) is 0 Å². The number of hydrogen-bond acceptors (Lipinski definition) is 1. The Morgan fingerprint density at radius 2 is 1.72 bits per heavy atom. The Morgan fingerprint density at radius 1 is 1.11 bits per heavy atom. The average Bonchev–Trinajstić information content (AvgIpc) is 2.42. The second-order valence-electron chi connectivity index (χ2n) is 4.02. The molecule has 1 unspecified atom stereocenters. The zero-order valence-electron chi connectivity index (χ0n) is 10.5. The number of hydrogen-bond donors (Lipinski definition) is 0. The minimum absolute atomic E-state index is 0. The monoisotopic (exact) mass is 312 g/mol. The summed E-state index contributed by atoms with van der Waals surface area (Å²) in [5.41, 5.74) is 1.85. The molecule has 0 aromatic heterocycles. The van der Waals surface area contributed by atoms with Gasteiger partial charge in [-0.1, -0.05) is 37.3 Å². The molecule has 0 saturated carbocycles. The number of Topliss-reactive ketones (excluding diaryl/α,β-unsaturated/α-hetero) is 1. The minimum atomic E-state index is -0.0491.